The number of benzene rings is 3. The number of ether oxygens (including phenoxy) is 1. The van der Waals surface area contributed by atoms with Crippen molar-refractivity contribution in [3.8, 4) is 0 Å². The summed E-state index contributed by atoms with van der Waals surface area (Å²) < 4.78 is 20.5. The van der Waals surface area contributed by atoms with Crippen LogP contribution in [0.25, 0.3) is 10.1 Å². The van der Waals surface area contributed by atoms with E-state index in [1.165, 1.54) is 12.1 Å². The number of nitrogens with two attached hydrogens (primary N) is 1. The van der Waals surface area contributed by atoms with Crippen LogP contribution >= 0.6 is 34.5 Å². The SMILES string of the molecule is CCOC(=O)C1=C(N)N(c2ccccc2)c2sc3c(F)ccc(Cl)c3c(=O)c2C1c1ccc(Cl)cc1. The van der Waals surface area contributed by atoms with Crippen LogP contribution in [0.1, 0.15) is 24.0 Å². The van der Waals surface area contributed by atoms with Crippen LogP contribution in [-0.4, -0.2) is 12.6 Å². The van der Waals surface area contributed by atoms with E-state index >= 15 is 0 Å². The summed E-state index contributed by atoms with van der Waals surface area (Å²) in [5.41, 5.74) is 7.76. The van der Waals surface area contributed by atoms with Gasteiger partial charge in [0.2, 0.25) is 0 Å². The molecule has 36 heavy (non-hydrogen) atoms. The number of carbonyl (C=O) groups excluding carboxylic acids is 1. The fraction of sp³-hybridized carbons (Fsp3) is 0.111. The third kappa shape index (κ3) is 3.93. The lowest BCUT2D eigenvalue weighted by Crippen LogP contribution is -2.37. The topological polar surface area (TPSA) is 72.6 Å². The van der Waals surface area contributed by atoms with Crippen molar-refractivity contribution in [2.75, 3.05) is 11.5 Å². The lowest BCUT2D eigenvalue weighted by atomic mass is 9.82. The van der Waals surface area contributed by atoms with Crippen LogP contribution in [-0.2, 0) is 9.53 Å². The van der Waals surface area contributed by atoms with Crippen LogP contribution in [0.2, 0.25) is 10.0 Å². The van der Waals surface area contributed by atoms with E-state index in [0.717, 1.165) is 11.3 Å². The summed E-state index contributed by atoms with van der Waals surface area (Å²) in [6.45, 7) is 1.80. The maximum atomic E-state index is 15.0. The molecule has 0 spiro atoms. The molecular weight excluding hydrogens is 522 g/mol. The fourth-order valence-electron chi connectivity index (χ4n) is 4.42. The molecule has 2 heterocycles. The van der Waals surface area contributed by atoms with Gasteiger partial charge in [0, 0.05) is 16.3 Å². The number of fused-ring (bicyclic) bond motifs is 2. The Balaban J connectivity index is 1.95. The van der Waals surface area contributed by atoms with Crippen LogP contribution in [0.4, 0.5) is 15.1 Å². The highest BCUT2D eigenvalue weighted by atomic mass is 35.5. The molecule has 1 aliphatic rings. The second-order valence-corrected chi connectivity index (χ2v) is 9.90. The van der Waals surface area contributed by atoms with Gasteiger partial charge in [-0.1, -0.05) is 53.5 Å². The monoisotopic (exact) mass is 540 g/mol. The first kappa shape index (κ1) is 24.3. The van der Waals surface area contributed by atoms with E-state index in [4.69, 9.17) is 33.7 Å². The van der Waals surface area contributed by atoms with Crippen LogP contribution in [0.5, 0.6) is 0 Å². The molecule has 0 radical (unpaired) electrons. The Morgan fingerprint density at radius 3 is 2.44 bits per heavy atom. The molecule has 3 aromatic carbocycles. The van der Waals surface area contributed by atoms with Crippen LogP contribution in [0.3, 0.4) is 0 Å². The van der Waals surface area contributed by atoms with E-state index in [-0.39, 0.29) is 38.7 Å². The quantitative estimate of drug-likeness (QED) is 0.290. The lowest BCUT2D eigenvalue weighted by Gasteiger charge is -2.36. The van der Waals surface area contributed by atoms with Gasteiger partial charge in [0.15, 0.2) is 5.43 Å². The number of anilines is 2. The molecular formula is C27H19Cl2FN2O3S. The number of halogens is 3. The molecule has 5 rings (SSSR count). The van der Waals surface area contributed by atoms with Crippen molar-refractivity contribution < 1.29 is 13.9 Å². The molecule has 1 atom stereocenters. The molecule has 1 aliphatic heterocycles. The van der Waals surface area contributed by atoms with Crippen molar-refractivity contribution in [1.29, 1.82) is 0 Å². The molecule has 0 aliphatic carbocycles. The van der Waals surface area contributed by atoms with E-state index < -0.39 is 23.1 Å². The van der Waals surface area contributed by atoms with Gasteiger partial charge in [0.05, 0.1) is 33.2 Å². The van der Waals surface area contributed by atoms with E-state index in [1.807, 2.05) is 6.07 Å². The van der Waals surface area contributed by atoms with E-state index in [0.29, 0.717) is 21.3 Å². The molecule has 0 fully saturated rings. The first-order valence-electron chi connectivity index (χ1n) is 11.1. The van der Waals surface area contributed by atoms with Crippen molar-refractivity contribution in [3.05, 3.63) is 115 Å². The zero-order valence-electron chi connectivity index (χ0n) is 18.9. The number of esters is 1. The maximum absolute atomic E-state index is 15.0. The van der Waals surface area contributed by atoms with E-state index in [2.05, 4.69) is 0 Å². The molecule has 1 unspecified atom stereocenters. The summed E-state index contributed by atoms with van der Waals surface area (Å²) >= 11 is 13.6. The molecule has 0 bridgehead atoms. The predicted octanol–water partition coefficient (Wildman–Crippen LogP) is 6.72. The minimum Gasteiger partial charge on any atom is -0.463 e. The highest BCUT2D eigenvalue weighted by Crippen LogP contribution is 2.49. The second kappa shape index (κ2) is 9.58. The summed E-state index contributed by atoms with van der Waals surface area (Å²) in [5, 5.41) is 1.06. The highest BCUT2D eigenvalue weighted by Gasteiger charge is 2.41. The van der Waals surface area contributed by atoms with Gasteiger partial charge in [-0.3, -0.25) is 9.69 Å². The Morgan fingerprint density at radius 2 is 1.78 bits per heavy atom. The first-order chi connectivity index (χ1) is 17.3. The molecule has 0 saturated heterocycles. The lowest BCUT2D eigenvalue weighted by molar-refractivity contribution is -0.138. The van der Waals surface area contributed by atoms with Gasteiger partial charge >= 0.3 is 5.97 Å². The number of nitrogens with zero attached hydrogens (tertiary/aromatic N) is 1. The molecule has 0 saturated carbocycles. The van der Waals surface area contributed by atoms with Crippen molar-refractivity contribution >= 4 is 61.3 Å². The van der Waals surface area contributed by atoms with Gasteiger partial charge in [0.25, 0.3) is 0 Å². The third-order valence-corrected chi connectivity index (χ3v) is 7.74. The van der Waals surface area contributed by atoms with Crippen molar-refractivity contribution in [3.63, 3.8) is 0 Å². The summed E-state index contributed by atoms with van der Waals surface area (Å²) in [6.07, 6.45) is 0. The van der Waals surface area contributed by atoms with Crippen LogP contribution in [0.15, 0.2) is 82.9 Å². The van der Waals surface area contributed by atoms with E-state index in [9.17, 15) is 14.0 Å². The zero-order valence-corrected chi connectivity index (χ0v) is 21.3. The summed E-state index contributed by atoms with van der Waals surface area (Å²) in [5.74, 6) is -2.03. The van der Waals surface area contributed by atoms with Crippen LogP contribution < -0.4 is 16.1 Å². The molecule has 9 heteroatoms. The Morgan fingerprint density at radius 1 is 1.08 bits per heavy atom. The standard InChI is InChI=1S/C27H19Cl2FN2O3S/c1-2-35-27(34)22-19(14-8-10-15(28)11-9-14)21-23(33)20-17(29)12-13-18(30)24(20)36-26(21)32(25(22)31)16-6-4-3-5-7-16/h3-13,19H,2,31H2,1H3. The van der Waals surface area contributed by atoms with Gasteiger partial charge < -0.3 is 10.5 Å². The molecule has 4 aromatic rings. The Labute approximate surface area is 220 Å². The Bertz CT molecular complexity index is 1590. The normalized spacial score (nSPS) is 15.2. The number of carbonyl (C=O) groups is 1. The average Bonchev–Trinajstić information content (AvgIpc) is 2.87. The number of para-hydroxylation sites is 1. The molecule has 5 nitrogen and oxygen atoms in total. The Kier molecular flexibility index (Phi) is 6.47. The van der Waals surface area contributed by atoms with Crippen molar-refractivity contribution in [2.24, 2.45) is 5.73 Å². The highest BCUT2D eigenvalue weighted by molar-refractivity contribution is 7.22. The number of hydrogen-bond donors (Lipinski definition) is 1. The number of rotatable bonds is 4. The Hall–Kier alpha value is -3.39. The minimum absolute atomic E-state index is 0.0519. The zero-order chi connectivity index (χ0) is 25.6. The summed E-state index contributed by atoms with van der Waals surface area (Å²) in [4.78, 5) is 29.0. The maximum Gasteiger partial charge on any atom is 0.338 e. The van der Waals surface area contributed by atoms with Gasteiger partial charge in [-0.15, -0.1) is 11.3 Å². The van der Waals surface area contributed by atoms with Gasteiger partial charge in [0.1, 0.15) is 16.6 Å². The predicted molar refractivity (Wildman–Crippen MR) is 143 cm³/mol. The molecule has 182 valence electrons. The third-order valence-electron chi connectivity index (χ3n) is 5.97. The van der Waals surface area contributed by atoms with Gasteiger partial charge in [-0.05, 0) is 48.9 Å². The minimum atomic E-state index is -0.885. The smallest absolute Gasteiger partial charge is 0.338 e. The van der Waals surface area contributed by atoms with Crippen LogP contribution in [0, 0.1) is 5.82 Å². The summed E-state index contributed by atoms with van der Waals surface area (Å²) in [7, 11) is 0. The average molecular weight is 541 g/mol. The summed E-state index contributed by atoms with van der Waals surface area (Å²) in [6, 6.07) is 18.4. The van der Waals surface area contributed by atoms with Gasteiger partial charge in [-0.25, -0.2) is 9.18 Å². The molecule has 0 amide bonds. The largest absolute Gasteiger partial charge is 0.463 e. The fourth-order valence-corrected chi connectivity index (χ4v) is 6.13. The van der Waals surface area contributed by atoms with Crippen molar-refractivity contribution in [2.45, 2.75) is 12.8 Å². The van der Waals surface area contributed by atoms with Crippen molar-refractivity contribution in [1.82, 2.24) is 0 Å². The van der Waals surface area contributed by atoms with Gasteiger partial charge in [-0.2, -0.15) is 0 Å². The second-order valence-electron chi connectivity index (χ2n) is 8.06. The molecule has 1 aromatic heterocycles. The molecule has 2 N–H and O–H groups in total. The van der Waals surface area contributed by atoms with E-state index in [1.54, 1.807) is 60.4 Å². The first-order valence-corrected chi connectivity index (χ1v) is 12.6. The number of hydrogen-bond acceptors (Lipinski definition) is 6.